The summed E-state index contributed by atoms with van der Waals surface area (Å²) in [5.74, 6) is 1.52. The summed E-state index contributed by atoms with van der Waals surface area (Å²) in [5.41, 5.74) is 9.32. The summed E-state index contributed by atoms with van der Waals surface area (Å²) in [4.78, 5) is 22.2. The molecule has 4 rings (SSSR count). The Kier molecular flexibility index (Phi) is 9.11. The summed E-state index contributed by atoms with van der Waals surface area (Å²) >= 11 is 0. The van der Waals surface area contributed by atoms with E-state index in [4.69, 9.17) is 10.5 Å². The van der Waals surface area contributed by atoms with Gasteiger partial charge in [0, 0.05) is 28.9 Å². The van der Waals surface area contributed by atoms with Crippen molar-refractivity contribution in [2.45, 2.75) is 50.3 Å². The molecule has 0 aliphatic heterocycles. The fourth-order valence-electron chi connectivity index (χ4n) is 3.96. The average Bonchev–Trinajstić information content (AvgIpc) is 2.92. The number of aliphatic imine (C=N–C) groups is 1. The van der Waals surface area contributed by atoms with E-state index in [1.807, 2.05) is 94.4 Å². The van der Waals surface area contributed by atoms with Gasteiger partial charge in [-0.05, 0) is 74.7 Å². The SMILES string of the molecule is Cc1cc(CC(=O)N/C(C=NC(C)(C)C)=C/N)ccc1Oc1ccnc2ccc(S(=O)Cc3ccccc3)cc12. The van der Waals surface area contributed by atoms with Gasteiger partial charge in [0.2, 0.25) is 5.91 Å². The van der Waals surface area contributed by atoms with Crippen LogP contribution in [0.1, 0.15) is 37.5 Å². The van der Waals surface area contributed by atoms with Crippen molar-refractivity contribution in [3.63, 3.8) is 0 Å². The van der Waals surface area contributed by atoms with Crippen molar-refractivity contribution in [2.75, 3.05) is 0 Å². The predicted molar refractivity (Wildman–Crippen MR) is 162 cm³/mol. The number of rotatable bonds is 9. The van der Waals surface area contributed by atoms with Gasteiger partial charge in [0.05, 0.1) is 39.7 Å². The molecular weight excluding hydrogens is 520 g/mol. The molecule has 1 amide bonds. The molecule has 4 aromatic rings. The molecule has 8 heteroatoms. The molecule has 3 aromatic carbocycles. The summed E-state index contributed by atoms with van der Waals surface area (Å²) in [6, 6.07) is 22.8. The van der Waals surface area contributed by atoms with Gasteiger partial charge in [0.15, 0.2) is 0 Å². The van der Waals surface area contributed by atoms with Crippen molar-refractivity contribution >= 4 is 33.8 Å². The highest BCUT2D eigenvalue weighted by molar-refractivity contribution is 7.84. The Bertz CT molecular complexity index is 1590. The quantitative estimate of drug-likeness (QED) is 0.248. The lowest BCUT2D eigenvalue weighted by atomic mass is 10.1. The van der Waals surface area contributed by atoms with Crippen LogP contribution in [0, 0.1) is 6.92 Å². The fraction of sp³-hybridized carbons (Fsp3) is 0.219. The minimum absolute atomic E-state index is 0.177. The summed E-state index contributed by atoms with van der Waals surface area (Å²) in [7, 11) is -1.21. The van der Waals surface area contributed by atoms with Crippen LogP contribution in [0.5, 0.6) is 11.5 Å². The van der Waals surface area contributed by atoms with E-state index in [0.717, 1.165) is 27.6 Å². The van der Waals surface area contributed by atoms with Gasteiger partial charge in [-0.3, -0.25) is 19.0 Å². The first-order valence-corrected chi connectivity index (χ1v) is 14.3. The largest absolute Gasteiger partial charge is 0.456 e. The van der Waals surface area contributed by atoms with Gasteiger partial charge in [0.25, 0.3) is 0 Å². The van der Waals surface area contributed by atoms with E-state index >= 15 is 0 Å². The predicted octanol–water partition coefficient (Wildman–Crippen LogP) is 5.97. The van der Waals surface area contributed by atoms with Crippen molar-refractivity contribution in [1.82, 2.24) is 10.3 Å². The Hall–Kier alpha value is -4.30. The van der Waals surface area contributed by atoms with E-state index in [1.165, 1.54) is 6.20 Å². The zero-order valence-electron chi connectivity index (χ0n) is 23.2. The Balaban J connectivity index is 1.48. The molecule has 1 atom stereocenters. The minimum Gasteiger partial charge on any atom is -0.456 e. The number of pyridine rings is 1. The molecule has 0 aliphatic carbocycles. The number of hydrogen-bond donors (Lipinski definition) is 2. The normalized spacial score (nSPS) is 12.9. The van der Waals surface area contributed by atoms with Gasteiger partial charge in [0.1, 0.15) is 11.5 Å². The van der Waals surface area contributed by atoms with E-state index in [-0.39, 0.29) is 17.9 Å². The molecule has 206 valence electrons. The molecule has 1 unspecified atom stereocenters. The smallest absolute Gasteiger partial charge is 0.228 e. The van der Waals surface area contributed by atoms with Gasteiger partial charge in [-0.1, -0.05) is 42.5 Å². The second kappa shape index (κ2) is 12.7. The maximum absolute atomic E-state index is 13.1. The third-order valence-electron chi connectivity index (χ3n) is 5.95. The Morgan fingerprint density at radius 3 is 2.50 bits per heavy atom. The number of benzene rings is 3. The van der Waals surface area contributed by atoms with Crippen molar-refractivity contribution in [3.05, 3.63) is 108 Å². The third-order valence-corrected chi connectivity index (χ3v) is 7.33. The van der Waals surface area contributed by atoms with E-state index in [1.54, 1.807) is 18.5 Å². The fourth-order valence-corrected chi connectivity index (χ4v) is 5.10. The highest BCUT2D eigenvalue weighted by atomic mass is 32.2. The molecule has 7 nitrogen and oxygen atoms in total. The first kappa shape index (κ1) is 28.7. The zero-order chi connectivity index (χ0) is 28.7. The third kappa shape index (κ3) is 7.86. The van der Waals surface area contributed by atoms with Gasteiger partial charge in [-0.2, -0.15) is 0 Å². The molecule has 0 saturated carbocycles. The summed E-state index contributed by atoms with van der Waals surface area (Å²) < 4.78 is 19.4. The lowest BCUT2D eigenvalue weighted by Crippen LogP contribution is -2.26. The molecule has 0 saturated heterocycles. The van der Waals surface area contributed by atoms with Crippen LogP contribution >= 0.6 is 0 Å². The number of hydrogen-bond acceptors (Lipinski definition) is 6. The summed E-state index contributed by atoms with van der Waals surface area (Å²) in [5, 5.41) is 3.58. The maximum Gasteiger partial charge on any atom is 0.228 e. The second-order valence-corrected chi connectivity index (χ2v) is 11.9. The summed E-state index contributed by atoms with van der Waals surface area (Å²) in [6.45, 7) is 7.83. The highest BCUT2D eigenvalue weighted by Crippen LogP contribution is 2.32. The number of nitrogens with zero attached hydrogens (tertiary/aromatic N) is 2. The number of aromatic nitrogens is 1. The number of allylic oxidation sites excluding steroid dienone is 1. The molecule has 0 aliphatic rings. The second-order valence-electron chi connectivity index (χ2n) is 10.4. The molecule has 1 heterocycles. The van der Waals surface area contributed by atoms with E-state index < -0.39 is 10.8 Å². The topological polar surface area (TPSA) is 107 Å². The molecule has 1 aromatic heterocycles. The lowest BCUT2D eigenvalue weighted by Gasteiger charge is -2.14. The molecule has 3 N–H and O–H groups in total. The van der Waals surface area contributed by atoms with Crippen LogP contribution in [0.2, 0.25) is 0 Å². The van der Waals surface area contributed by atoms with Gasteiger partial charge < -0.3 is 15.8 Å². The van der Waals surface area contributed by atoms with E-state index in [9.17, 15) is 9.00 Å². The number of aryl methyl sites for hydroxylation is 1. The van der Waals surface area contributed by atoms with Crippen molar-refractivity contribution in [3.8, 4) is 11.5 Å². The highest BCUT2D eigenvalue weighted by Gasteiger charge is 2.13. The van der Waals surface area contributed by atoms with E-state index in [2.05, 4.69) is 15.3 Å². The van der Waals surface area contributed by atoms with Crippen LogP contribution in [-0.4, -0.2) is 26.9 Å². The average molecular weight is 555 g/mol. The lowest BCUT2D eigenvalue weighted by molar-refractivity contribution is -0.119. The number of nitrogens with one attached hydrogen (secondary N) is 1. The first-order chi connectivity index (χ1) is 19.1. The molecular formula is C32H34N4O3S. The first-order valence-electron chi connectivity index (χ1n) is 13.0. The molecule has 0 spiro atoms. The Labute approximate surface area is 237 Å². The number of fused-ring (bicyclic) bond motifs is 1. The van der Waals surface area contributed by atoms with Crippen LogP contribution in [0.3, 0.4) is 0 Å². The number of carbonyl (C=O) groups excluding carboxylic acids is 1. The summed E-state index contributed by atoms with van der Waals surface area (Å²) in [6.07, 6.45) is 4.77. The van der Waals surface area contributed by atoms with Crippen LogP contribution in [-0.2, 0) is 27.8 Å². The zero-order valence-corrected chi connectivity index (χ0v) is 24.0. The van der Waals surface area contributed by atoms with Gasteiger partial charge in [-0.25, -0.2) is 0 Å². The standard InChI is InChI=1S/C32H34N4O3S/c1-22-16-24(17-31(37)36-25(19-33)20-35-32(2,3)4)10-13-29(22)39-30-14-15-34-28-12-11-26(18-27(28)30)40(38)21-23-8-6-5-7-9-23/h5-16,18-20H,17,21,33H2,1-4H3,(H,36,37)/b25-19+,35-20?. The maximum atomic E-state index is 13.1. The van der Waals surface area contributed by atoms with E-state index in [0.29, 0.717) is 27.8 Å². The minimum atomic E-state index is -1.21. The van der Waals surface area contributed by atoms with Crippen LogP contribution in [0.4, 0.5) is 0 Å². The number of amides is 1. The van der Waals surface area contributed by atoms with Crippen molar-refractivity contribution in [2.24, 2.45) is 10.7 Å². The van der Waals surface area contributed by atoms with Gasteiger partial charge >= 0.3 is 0 Å². The number of nitrogens with two attached hydrogens (primary N) is 1. The molecule has 40 heavy (non-hydrogen) atoms. The molecule has 0 fully saturated rings. The number of ether oxygens (including phenoxy) is 1. The Morgan fingerprint density at radius 2 is 1.80 bits per heavy atom. The van der Waals surface area contributed by atoms with Crippen molar-refractivity contribution < 1.29 is 13.7 Å². The van der Waals surface area contributed by atoms with Crippen LogP contribution in [0.15, 0.2) is 101 Å². The van der Waals surface area contributed by atoms with Crippen LogP contribution < -0.4 is 15.8 Å². The number of carbonyl (C=O) groups is 1. The molecule has 0 bridgehead atoms. The monoisotopic (exact) mass is 554 g/mol. The van der Waals surface area contributed by atoms with Gasteiger partial charge in [-0.15, -0.1) is 0 Å². The Morgan fingerprint density at radius 1 is 1.02 bits per heavy atom. The van der Waals surface area contributed by atoms with Crippen LogP contribution in [0.25, 0.3) is 10.9 Å². The van der Waals surface area contributed by atoms with Crippen molar-refractivity contribution in [1.29, 1.82) is 0 Å². The molecule has 0 radical (unpaired) electrons.